The van der Waals surface area contributed by atoms with Crippen LogP contribution in [0.5, 0.6) is 5.75 Å². The number of aliphatic hydroxyl groups is 1. The van der Waals surface area contributed by atoms with Gasteiger partial charge in [0.2, 0.25) is 5.95 Å². The van der Waals surface area contributed by atoms with Crippen molar-refractivity contribution in [2.24, 2.45) is 0 Å². The van der Waals surface area contributed by atoms with Crippen LogP contribution in [-0.2, 0) is 0 Å². The van der Waals surface area contributed by atoms with Gasteiger partial charge in [0, 0.05) is 32.7 Å². The number of anilines is 1. The van der Waals surface area contributed by atoms with Crippen molar-refractivity contribution in [2.45, 2.75) is 42.0 Å². The van der Waals surface area contributed by atoms with E-state index in [0.717, 1.165) is 32.7 Å². The van der Waals surface area contributed by atoms with E-state index in [0.29, 0.717) is 5.95 Å². The van der Waals surface area contributed by atoms with Crippen molar-refractivity contribution in [3.63, 3.8) is 0 Å². The van der Waals surface area contributed by atoms with Gasteiger partial charge >= 0.3 is 0 Å². The fourth-order valence-corrected chi connectivity index (χ4v) is 1.79. The quantitative estimate of drug-likeness (QED) is 0.822. The van der Waals surface area contributed by atoms with Gasteiger partial charge in [0.1, 0.15) is 0 Å². The van der Waals surface area contributed by atoms with Crippen molar-refractivity contribution >= 4 is 5.95 Å². The molecule has 142 valence electrons. The molecule has 0 spiro atoms. The molecular weight excluding hydrogens is 304 g/mol. The Hall–Kier alpha value is -1.66. The molecule has 1 aromatic heterocycles. The van der Waals surface area contributed by atoms with E-state index in [1.165, 1.54) is 18.8 Å². The maximum Gasteiger partial charge on any atom is 0.225 e. The number of hydrogen-bond donors (Lipinski definition) is 2. The molecule has 1 fully saturated rings. The second kappa shape index (κ2) is 17.7. The van der Waals surface area contributed by atoms with E-state index in [-0.39, 0.29) is 27.2 Å². The van der Waals surface area contributed by atoms with E-state index in [4.69, 9.17) is 10.2 Å². The number of rotatable bonds is 3. The maximum absolute atomic E-state index is 9.09. The van der Waals surface area contributed by atoms with E-state index >= 15 is 0 Å². The zero-order valence-electron chi connectivity index (χ0n) is 14.1. The summed E-state index contributed by atoms with van der Waals surface area (Å²) in [5.74, 6) is 0.740. The van der Waals surface area contributed by atoms with Gasteiger partial charge < -0.3 is 15.1 Å². The van der Waals surface area contributed by atoms with Crippen LogP contribution in [0, 0.1) is 0 Å². The van der Waals surface area contributed by atoms with E-state index in [2.05, 4.69) is 40.2 Å². The summed E-state index contributed by atoms with van der Waals surface area (Å²) in [5, 5.41) is 17.9. The van der Waals surface area contributed by atoms with Crippen LogP contribution >= 0.6 is 0 Å². The van der Waals surface area contributed by atoms with E-state index < -0.39 is 0 Å². The molecule has 6 heteroatoms. The summed E-state index contributed by atoms with van der Waals surface area (Å²) in [6, 6.07) is 0. The first kappa shape index (κ1) is 27.2. The third-order valence-corrected chi connectivity index (χ3v) is 2.70. The van der Waals surface area contributed by atoms with Gasteiger partial charge in [-0.05, 0) is 6.92 Å². The van der Waals surface area contributed by atoms with Crippen LogP contribution in [0.25, 0.3) is 0 Å². The molecule has 2 heterocycles. The van der Waals surface area contributed by atoms with Gasteiger partial charge in [-0.15, -0.1) is 6.58 Å². The lowest BCUT2D eigenvalue weighted by Gasteiger charge is -2.34. The third kappa shape index (κ3) is 11.8. The average molecular weight is 343 g/mol. The lowest BCUT2D eigenvalue weighted by atomic mass is 10.3. The molecule has 0 radical (unpaired) electrons. The number of allylic oxidation sites excluding steroid dienone is 1. The van der Waals surface area contributed by atoms with Crippen LogP contribution in [0.1, 0.15) is 42.0 Å². The van der Waals surface area contributed by atoms with Gasteiger partial charge in [-0.3, -0.25) is 4.90 Å². The molecule has 1 aliphatic heterocycles. The van der Waals surface area contributed by atoms with Crippen LogP contribution in [0.3, 0.4) is 0 Å². The highest BCUT2D eigenvalue weighted by atomic mass is 16.3. The van der Waals surface area contributed by atoms with Crippen molar-refractivity contribution < 1.29 is 10.2 Å². The summed E-state index contributed by atoms with van der Waals surface area (Å²) < 4.78 is 0. The molecular formula is C18H38N4O2. The molecule has 0 saturated carbocycles. The predicted molar refractivity (Wildman–Crippen MR) is 105 cm³/mol. The number of piperazine rings is 1. The Balaban J connectivity index is -0.000000486. The van der Waals surface area contributed by atoms with Gasteiger partial charge in [0.05, 0.1) is 19.0 Å². The van der Waals surface area contributed by atoms with Gasteiger partial charge in [-0.25, -0.2) is 9.97 Å². The van der Waals surface area contributed by atoms with Crippen molar-refractivity contribution in [3.05, 3.63) is 25.0 Å². The zero-order chi connectivity index (χ0) is 16.8. The largest absolute Gasteiger partial charge is 0.505 e. The lowest BCUT2D eigenvalue weighted by Crippen LogP contribution is -2.47. The van der Waals surface area contributed by atoms with E-state index in [9.17, 15) is 0 Å². The molecule has 0 unspecified atom stereocenters. The normalized spacial score (nSPS) is 13.1. The highest BCUT2D eigenvalue weighted by Crippen LogP contribution is 2.12. The second-order valence-corrected chi connectivity index (χ2v) is 4.91. The Kier molecular flexibility index (Phi) is 20.0. The highest BCUT2D eigenvalue weighted by Gasteiger charge is 2.18. The number of β-amino-alcohol motifs (C(OH)–C–C–N with tert-alkyl or cyclic N) is 1. The molecule has 2 N–H and O–H groups in total. The SMILES string of the molecule is C.C.C=CC.CCC.OCCN1CCN(c2ncc(O)cn2)CC1. The maximum atomic E-state index is 9.09. The minimum atomic E-state index is 0. The predicted octanol–water partition coefficient (Wildman–Crippen LogP) is 3.18. The molecule has 1 saturated heterocycles. The minimum absolute atomic E-state index is 0. The molecule has 1 aromatic rings. The number of hydrogen-bond acceptors (Lipinski definition) is 6. The Morgan fingerprint density at radius 2 is 1.54 bits per heavy atom. The molecule has 2 rings (SSSR count). The van der Waals surface area contributed by atoms with Crippen LogP contribution in [0.4, 0.5) is 5.95 Å². The molecule has 6 nitrogen and oxygen atoms in total. The molecule has 0 amide bonds. The van der Waals surface area contributed by atoms with Crippen LogP contribution in [0.2, 0.25) is 0 Å². The molecule has 1 aliphatic rings. The Morgan fingerprint density at radius 1 is 1.12 bits per heavy atom. The zero-order valence-corrected chi connectivity index (χ0v) is 14.1. The fraction of sp³-hybridized carbons (Fsp3) is 0.667. The first-order chi connectivity index (χ1) is 10.6. The van der Waals surface area contributed by atoms with Crippen molar-refractivity contribution in [1.82, 2.24) is 14.9 Å². The summed E-state index contributed by atoms with van der Waals surface area (Å²) >= 11 is 0. The molecule has 0 atom stereocenters. The first-order valence-corrected chi connectivity index (χ1v) is 7.79. The number of aromatic hydroxyl groups is 1. The number of aromatic nitrogens is 2. The monoisotopic (exact) mass is 342 g/mol. The lowest BCUT2D eigenvalue weighted by molar-refractivity contribution is 0.188. The van der Waals surface area contributed by atoms with E-state index in [1.807, 2.05) is 6.92 Å². The fourth-order valence-electron chi connectivity index (χ4n) is 1.79. The van der Waals surface area contributed by atoms with Crippen molar-refractivity contribution in [1.29, 1.82) is 0 Å². The van der Waals surface area contributed by atoms with Gasteiger partial charge in [-0.2, -0.15) is 0 Å². The van der Waals surface area contributed by atoms with Crippen LogP contribution in [0.15, 0.2) is 25.0 Å². The molecule has 0 bridgehead atoms. The van der Waals surface area contributed by atoms with E-state index in [1.54, 1.807) is 6.08 Å². The van der Waals surface area contributed by atoms with Gasteiger partial charge in [0.25, 0.3) is 0 Å². The van der Waals surface area contributed by atoms with Crippen molar-refractivity contribution in [2.75, 3.05) is 44.2 Å². The number of aliphatic hydroxyl groups excluding tert-OH is 1. The topological polar surface area (TPSA) is 72.7 Å². The summed E-state index contributed by atoms with van der Waals surface area (Å²) in [5.41, 5.74) is 0. The standard InChI is InChI=1S/C10H16N4O2.C3H8.C3H6.2CH4/c15-6-5-13-1-3-14(4-2-13)10-11-7-9(16)8-12-10;2*1-3-2;;/h7-8,15-16H,1-6H2;3H2,1-2H3;3H,1H2,2H3;2*1H4. The Bertz CT molecular complexity index is 377. The van der Waals surface area contributed by atoms with Crippen LogP contribution < -0.4 is 4.90 Å². The molecule has 24 heavy (non-hydrogen) atoms. The first-order valence-electron chi connectivity index (χ1n) is 7.79. The summed E-state index contributed by atoms with van der Waals surface area (Å²) in [6.45, 7) is 13.9. The van der Waals surface area contributed by atoms with Crippen LogP contribution in [-0.4, -0.2) is 64.4 Å². The molecule has 0 aromatic carbocycles. The van der Waals surface area contributed by atoms with Gasteiger partial charge in [-0.1, -0.05) is 41.2 Å². The summed E-state index contributed by atoms with van der Waals surface area (Å²) in [4.78, 5) is 12.4. The Labute approximate surface area is 148 Å². The second-order valence-electron chi connectivity index (χ2n) is 4.91. The minimum Gasteiger partial charge on any atom is -0.505 e. The third-order valence-electron chi connectivity index (χ3n) is 2.70. The highest BCUT2D eigenvalue weighted by molar-refractivity contribution is 5.31. The molecule has 0 aliphatic carbocycles. The summed E-state index contributed by atoms with van der Waals surface area (Å²) in [6.07, 6.45) is 5.81. The summed E-state index contributed by atoms with van der Waals surface area (Å²) in [7, 11) is 0. The van der Waals surface area contributed by atoms with Crippen molar-refractivity contribution in [3.8, 4) is 5.75 Å². The Morgan fingerprint density at radius 3 is 1.92 bits per heavy atom. The smallest absolute Gasteiger partial charge is 0.225 e. The number of nitrogens with zero attached hydrogens (tertiary/aromatic N) is 4. The van der Waals surface area contributed by atoms with Gasteiger partial charge in [0.15, 0.2) is 5.75 Å². The average Bonchev–Trinajstić information content (AvgIpc) is 2.51.